The minimum absolute atomic E-state index is 0.0121. The molecule has 0 saturated carbocycles. The molecule has 1 aromatic carbocycles. The van der Waals surface area contributed by atoms with Crippen molar-refractivity contribution in [1.82, 2.24) is 5.32 Å². The molecule has 1 N–H and O–H groups in total. The Morgan fingerprint density at radius 3 is 2.83 bits per heavy atom. The summed E-state index contributed by atoms with van der Waals surface area (Å²) < 4.78 is 14.4. The van der Waals surface area contributed by atoms with Crippen LogP contribution in [0.3, 0.4) is 0 Å². The Morgan fingerprint density at radius 2 is 2.17 bits per heavy atom. The number of nitrogens with one attached hydrogen (secondary N) is 1. The number of halogens is 2. The molecule has 2 aromatic rings. The van der Waals surface area contributed by atoms with E-state index in [2.05, 4.69) is 33.9 Å². The summed E-state index contributed by atoms with van der Waals surface area (Å²) in [5.74, 6) is -0.981. The van der Waals surface area contributed by atoms with Gasteiger partial charge in [0, 0.05) is 9.77 Å². The van der Waals surface area contributed by atoms with E-state index in [4.69, 9.17) is 0 Å². The number of carbonyl (C=O) groups excluding carboxylic acids is 1. The summed E-state index contributed by atoms with van der Waals surface area (Å²) >= 11 is 8.95. The van der Waals surface area contributed by atoms with Crippen LogP contribution in [0.2, 0.25) is 0 Å². The van der Waals surface area contributed by atoms with Gasteiger partial charge in [-0.2, -0.15) is 0 Å². The van der Waals surface area contributed by atoms with Crippen LogP contribution in [0.5, 0.6) is 0 Å². The highest BCUT2D eigenvalue weighted by Gasteiger charge is 2.11. The third kappa shape index (κ3) is 3.34. The average molecular weight is 346 g/mol. The van der Waals surface area contributed by atoms with Crippen LogP contribution in [-0.4, -0.2) is 5.91 Å². The molecule has 1 aromatic heterocycles. The molecular weight excluding hydrogens is 337 g/mol. The number of thiophene rings is 1. The Balaban J connectivity index is 2.05. The number of hydrogen-bond acceptors (Lipinski definition) is 3. The van der Waals surface area contributed by atoms with Gasteiger partial charge in [0.1, 0.15) is 5.82 Å². The average Bonchev–Trinajstić information content (AvgIpc) is 2.75. The summed E-state index contributed by atoms with van der Waals surface area (Å²) in [4.78, 5) is 13.4. The van der Waals surface area contributed by atoms with Crippen molar-refractivity contribution in [2.75, 3.05) is 0 Å². The molecule has 0 unspecified atom stereocenters. The zero-order valence-electron chi connectivity index (χ0n) is 9.11. The predicted molar refractivity (Wildman–Crippen MR) is 76.8 cm³/mol. The molecular formula is C12H9BrFNOS2. The molecule has 2 nitrogen and oxygen atoms in total. The van der Waals surface area contributed by atoms with Gasteiger partial charge in [-0.3, -0.25) is 4.79 Å². The first-order valence-electron chi connectivity index (χ1n) is 5.07. The zero-order chi connectivity index (χ0) is 13.1. The summed E-state index contributed by atoms with van der Waals surface area (Å²) in [6.45, 7) is 0.380. The Labute approximate surface area is 122 Å². The van der Waals surface area contributed by atoms with Crippen LogP contribution in [0.4, 0.5) is 4.39 Å². The lowest BCUT2D eigenvalue weighted by atomic mass is 10.2. The normalized spacial score (nSPS) is 10.4. The molecule has 0 radical (unpaired) electrons. The lowest BCUT2D eigenvalue weighted by Gasteiger charge is -2.05. The molecule has 0 saturated heterocycles. The fourth-order valence-corrected chi connectivity index (χ4v) is 3.02. The molecule has 0 aliphatic heterocycles. The Bertz CT molecular complexity index is 585. The molecule has 94 valence electrons. The Hall–Kier alpha value is -0.850. The summed E-state index contributed by atoms with van der Waals surface area (Å²) in [7, 11) is 0. The molecule has 0 fully saturated rings. The monoisotopic (exact) mass is 345 g/mol. The molecule has 0 aliphatic rings. The third-order valence-corrected chi connectivity index (χ3v) is 4.15. The maximum absolute atomic E-state index is 13.5. The molecule has 0 spiro atoms. The van der Waals surface area contributed by atoms with Gasteiger partial charge in [0.2, 0.25) is 0 Å². The fourth-order valence-electron chi connectivity index (χ4n) is 1.40. The highest BCUT2D eigenvalue weighted by molar-refractivity contribution is 9.11. The van der Waals surface area contributed by atoms with E-state index in [-0.39, 0.29) is 5.56 Å². The first kappa shape index (κ1) is 13.6. The number of benzene rings is 1. The van der Waals surface area contributed by atoms with Crippen LogP contribution < -0.4 is 5.32 Å². The van der Waals surface area contributed by atoms with Crippen molar-refractivity contribution in [3.8, 4) is 0 Å². The van der Waals surface area contributed by atoms with Crippen LogP contribution in [0.25, 0.3) is 0 Å². The maximum atomic E-state index is 13.5. The van der Waals surface area contributed by atoms with Crippen LogP contribution in [0.15, 0.2) is 39.0 Å². The summed E-state index contributed by atoms with van der Waals surface area (Å²) in [6.07, 6.45) is 0. The lowest BCUT2D eigenvalue weighted by Crippen LogP contribution is -2.23. The first-order valence-corrected chi connectivity index (χ1v) is 7.13. The van der Waals surface area contributed by atoms with Gasteiger partial charge in [0.15, 0.2) is 0 Å². The molecule has 0 aliphatic carbocycles. The fraction of sp³-hybridized carbons (Fsp3) is 0.0833. The second-order valence-electron chi connectivity index (χ2n) is 3.55. The van der Waals surface area contributed by atoms with Crippen molar-refractivity contribution in [2.24, 2.45) is 0 Å². The summed E-state index contributed by atoms with van der Waals surface area (Å²) in [6, 6.07) is 7.96. The second-order valence-corrected chi connectivity index (χ2v) is 6.62. The van der Waals surface area contributed by atoms with Gasteiger partial charge in [0.25, 0.3) is 5.91 Å². The van der Waals surface area contributed by atoms with E-state index >= 15 is 0 Å². The van der Waals surface area contributed by atoms with Gasteiger partial charge in [-0.1, -0.05) is 0 Å². The van der Waals surface area contributed by atoms with Gasteiger partial charge in [0.05, 0.1) is 15.9 Å². The van der Waals surface area contributed by atoms with Crippen molar-refractivity contribution >= 4 is 45.8 Å². The molecule has 1 amide bonds. The summed E-state index contributed by atoms with van der Waals surface area (Å²) in [5.41, 5.74) is 0.0121. The molecule has 6 heteroatoms. The number of hydrogen-bond donors (Lipinski definition) is 2. The Kier molecular flexibility index (Phi) is 4.42. The van der Waals surface area contributed by atoms with Gasteiger partial charge >= 0.3 is 0 Å². The largest absolute Gasteiger partial charge is 0.347 e. The molecule has 0 bridgehead atoms. The van der Waals surface area contributed by atoms with E-state index in [1.165, 1.54) is 29.5 Å². The predicted octanol–water partition coefficient (Wildman–Crippen LogP) is 3.87. The van der Waals surface area contributed by atoms with Crippen molar-refractivity contribution in [2.45, 2.75) is 11.4 Å². The van der Waals surface area contributed by atoms with Crippen molar-refractivity contribution in [1.29, 1.82) is 0 Å². The van der Waals surface area contributed by atoms with Gasteiger partial charge < -0.3 is 5.32 Å². The smallest absolute Gasteiger partial charge is 0.254 e. The van der Waals surface area contributed by atoms with Crippen LogP contribution >= 0.6 is 39.9 Å². The van der Waals surface area contributed by atoms with E-state index in [0.717, 1.165) is 8.66 Å². The van der Waals surface area contributed by atoms with Gasteiger partial charge in [-0.05, 0) is 46.3 Å². The summed E-state index contributed by atoms with van der Waals surface area (Å²) in [5, 5.41) is 2.67. The van der Waals surface area contributed by atoms with E-state index in [9.17, 15) is 9.18 Å². The number of amides is 1. The van der Waals surface area contributed by atoms with Crippen molar-refractivity contribution in [3.63, 3.8) is 0 Å². The van der Waals surface area contributed by atoms with Gasteiger partial charge in [-0.25, -0.2) is 4.39 Å². The lowest BCUT2D eigenvalue weighted by molar-refractivity contribution is 0.0947. The van der Waals surface area contributed by atoms with E-state index < -0.39 is 11.7 Å². The minimum Gasteiger partial charge on any atom is -0.347 e. The van der Waals surface area contributed by atoms with E-state index in [1.807, 2.05) is 12.1 Å². The number of thiol groups is 1. The second kappa shape index (κ2) is 5.86. The van der Waals surface area contributed by atoms with Crippen molar-refractivity contribution in [3.05, 3.63) is 50.4 Å². The molecule has 1 heterocycles. The third-order valence-electron chi connectivity index (χ3n) is 2.25. The highest BCUT2D eigenvalue weighted by Crippen LogP contribution is 2.22. The zero-order valence-corrected chi connectivity index (χ0v) is 12.4. The molecule has 18 heavy (non-hydrogen) atoms. The quantitative estimate of drug-likeness (QED) is 0.812. The number of rotatable bonds is 3. The van der Waals surface area contributed by atoms with E-state index in [0.29, 0.717) is 11.4 Å². The topological polar surface area (TPSA) is 29.1 Å². The van der Waals surface area contributed by atoms with Crippen LogP contribution in [0.1, 0.15) is 15.2 Å². The van der Waals surface area contributed by atoms with Crippen LogP contribution in [0, 0.1) is 5.82 Å². The van der Waals surface area contributed by atoms with Crippen molar-refractivity contribution < 1.29 is 9.18 Å². The first-order chi connectivity index (χ1) is 8.56. The Morgan fingerprint density at radius 1 is 1.39 bits per heavy atom. The van der Waals surface area contributed by atoms with E-state index in [1.54, 1.807) is 0 Å². The minimum atomic E-state index is -0.544. The molecule has 2 rings (SSSR count). The van der Waals surface area contributed by atoms with Gasteiger partial charge in [-0.15, -0.1) is 24.0 Å². The molecule has 0 atom stereocenters. The SMILES string of the molecule is O=C(NCc1ccc(Br)s1)c1cc(S)ccc1F. The highest BCUT2D eigenvalue weighted by atomic mass is 79.9. The van der Waals surface area contributed by atoms with Crippen LogP contribution in [-0.2, 0) is 6.54 Å². The standard InChI is InChI=1S/C12H9BrFNOS2/c13-11-4-2-8(18-11)6-15-12(16)9-5-7(17)1-3-10(9)14/h1-5,17H,6H2,(H,15,16). The number of carbonyl (C=O) groups is 1. The maximum Gasteiger partial charge on any atom is 0.254 e.